The predicted molar refractivity (Wildman–Crippen MR) is 65.9 cm³/mol. The van der Waals surface area contributed by atoms with Crippen molar-refractivity contribution in [3.8, 4) is 11.1 Å². The molecule has 0 N–H and O–H groups in total. The molecule has 1 nitrogen and oxygen atoms in total. The molecule has 0 fully saturated rings. The highest BCUT2D eigenvalue weighted by molar-refractivity contribution is 5.91. The minimum Gasteiger partial charge on any atom is -0.298 e. The average molecular weight is 208 g/mol. The van der Waals surface area contributed by atoms with Gasteiger partial charge in [0.15, 0.2) is 6.29 Å². The first-order chi connectivity index (χ1) is 7.79. The second kappa shape index (κ2) is 3.31. The van der Waals surface area contributed by atoms with Gasteiger partial charge in [0.1, 0.15) is 0 Å². The fraction of sp³-hybridized carbons (Fsp3) is 0.133. The fourth-order valence-electron chi connectivity index (χ4n) is 2.43. The minimum absolute atomic E-state index is 0.789. The van der Waals surface area contributed by atoms with Gasteiger partial charge >= 0.3 is 0 Å². The lowest BCUT2D eigenvalue weighted by molar-refractivity contribution is 0.112. The normalized spacial score (nSPS) is 13.1. The van der Waals surface area contributed by atoms with Crippen molar-refractivity contribution in [1.82, 2.24) is 0 Å². The van der Waals surface area contributed by atoms with Gasteiger partial charge in [0.05, 0.1) is 0 Å². The van der Waals surface area contributed by atoms with Crippen LogP contribution in [0.25, 0.3) is 17.2 Å². The first-order valence-corrected chi connectivity index (χ1v) is 5.47. The molecule has 1 heteroatoms. The van der Waals surface area contributed by atoms with Gasteiger partial charge in [-0.05, 0) is 47.2 Å². The summed E-state index contributed by atoms with van der Waals surface area (Å²) in [6.45, 7) is 2.11. The van der Waals surface area contributed by atoms with Crippen molar-refractivity contribution >= 4 is 12.4 Å². The Hall–Kier alpha value is -1.89. The quantitative estimate of drug-likeness (QED) is 0.656. The Balaban J connectivity index is 2.39. The lowest BCUT2D eigenvalue weighted by atomic mass is 10.1. The number of allylic oxidation sites excluding steroid dienone is 1. The molecular weight excluding hydrogens is 196 g/mol. The number of aryl methyl sites for hydroxylation is 1. The highest BCUT2D eigenvalue weighted by Crippen LogP contribution is 2.33. The number of hydrogen-bond donors (Lipinski definition) is 0. The summed E-state index contributed by atoms with van der Waals surface area (Å²) in [6.07, 6.45) is 6.24. The molecule has 0 bridgehead atoms. The highest BCUT2D eigenvalue weighted by Gasteiger charge is 2.14. The van der Waals surface area contributed by atoms with Gasteiger partial charge in [0, 0.05) is 5.56 Å². The number of rotatable bonds is 1. The third-order valence-electron chi connectivity index (χ3n) is 3.28. The topological polar surface area (TPSA) is 17.1 Å². The molecule has 0 saturated heterocycles. The van der Waals surface area contributed by atoms with E-state index in [1.165, 1.54) is 22.3 Å². The average Bonchev–Trinajstić information content (AvgIpc) is 2.84. The Labute approximate surface area is 94.8 Å². The Morgan fingerprint density at radius 2 is 2.06 bits per heavy atom. The van der Waals surface area contributed by atoms with Crippen LogP contribution in [-0.4, -0.2) is 6.29 Å². The standard InChI is InChI=1S/C15H12O/c1-10-7-11-3-2-4-12(11)8-15-13(9-16)5-6-14(10)15/h2,4-9H,3H2,1H3. The zero-order valence-corrected chi connectivity index (χ0v) is 9.16. The van der Waals surface area contributed by atoms with E-state index in [9.17, 15) is 4.79 Å². The summed E-state index contributed by atoms with van der Waals surface area (Å²) in [6, 6.07) is 8.29. The largest absolute Gasteiger partial charge is 0.298 e. The molecule has 0 spiro atoms. The van der Waals surface area contributed by atoms with Crippen molar-refractivity contribution in [2.75, 3.05) is 0 Å². The van der Waals surface area contributed by atoms with Crippen LogP contribution in [0.3, 0.4) is 0 Å². The zero-order valence-electron chi connectivity index (χ0n) is 9.16. The van der Waals surface area contributed by atoms with E-state index in [2.05, 4.69) is 31.2 Å². The highest BCUT2D eigenvalue weighted by atomic mass is 16.1. The lowest BCUT2D eigenvalue weighted by Gasteiger charge is -1.97. The van der Waals surface area contributed by atoms with E-state index < -0.39 is 0 Å². The molecule has 0 aliphatic heterocycles. The molecule has 0 saturated carbocycles. The van der Waals surface area contributed by atoms with Gasteiger partial charge in [-0.3, -0.25) is 4.79 Å². The van der Waals surface area contributed by atoms with Crippen molar-refractivity contribution in [3.05, 3.63) is 52.6 Å². The molecule has 3 aliphatic carbocycles. The third kappa shape index (κ3) is 1.21. The molecule has 3 rings (SSSR count). The second-order valence-corrected chi connectivity index (χ2v) is 4.29. The van der Waals surface area contributed by atoms with Crippen molar-refractivity contribution in [1.29, 1.82) is 0 Å². The third-order valence-corrected chi connectivity index (χ3v) is 3.28. The van der Waals surface area contributed by atoms with Gasteiger partial charge in [-0.25, -0.2) is 0 Å². The van der Waals surface area contributed by atoms with Crippen LogP contribution in [0.4, 0.5) is 0 Å². The summed E-state index contributed by atoms with van der Waals surface area (Å²) >= 11 is 0. The molecule has 0 unspecified atom stereocenters. The molecule has 16 heavy (non-hydrogen) atoms. The van der Waals surface area contributed by atoms with E-state index in [0.29, 0.717) is 0 Å². The number of carbonyl (C=O) groups excluding carboxylic acids is 1. The van der Waals surface area contributed by atoms with Crippen LogP contribution < -0.4 is 0 Å². The van der Waals surface area contributed by atoms with Crippen LogP contribution in [0.1, 0.15) is 27.0 Å². The molecule has 0 amide bonds. The summed E-state index contributed by atoms with van der Waals surface area (Å²) in [4.78, 5) is 11.0. The number of hydrogen-bond acceptors (Lipinski definition) is 1. The first kappa shape index (κ1) is 9.34. The van der Waals surface area contributed by atoms with Crippen LogP contribution in [-0.2, 0) is 6.42 Å². The summed E-state index contributed by atoms with van der Waals surface area (Å²) in [7, 11) is 0. The summed E-state index contributed by atoms with van der Waals surface area (Å²) in [5.41, 5.74) is 6.88. The predicted octanol–water partition coefficient (Wildman–Crippen LogP) is 3.48. The van der Waals surface area contributed by atoms with Gasteiger partial charge in [0.25, 0.3) is 0 Å². The lowest BCUT2D eigenvalue weighted by Crippen LogP contribution is -1.79. The molecule has 0 aromatic carbocycles. The van der Waals surface area contributed by atoms with E-state index in [4.69, 9.17) is 0 Å². The first-order valence-electron chi connectivity index (χ1n) is 5.47. The summed E-state index contributed by atoms with van der Waals surface area (Å²) in [5, 5.41) is 0. The Morgan fingerprint density at radius 1 is 1.19 bits per heavy atom. The van der Waals surface area contributed by atoms with Gasteiger partial charge in [-0.2, -0.15) is 0 Å². The molecule has 0 aromatic heterocycles. The van der Waals surface area contributed by atoms with E-state index >= 15 is 0 Å². The van der Waals surface area contributed by atoms with Gasteiger partial charge in [-0.15, -0.1) is 0 Å². The molecule has 0 heterocycles. The number of carbonyl (C=O) groups is 1. The molecule has 0 radical (unpaired) electrons. The van der Waals surface area contributed by atoms with Crippen molar-refractivity contribution in [2.24, 2.45) is 0 Å². The number of fused-ring (bicyclic) bond motifs is 2. The molecule has 0 atom stereocenters. The maximum Gasteiger partial charge on any atom is 0.150 e. The molecule has 78 valence electrons. The van der Waals surface area contributed by atoms with Crippen LogP contribution in [0.15, 0.2) is 30.3 Å². The number of aldehydes is 1. The van der Waals surface area contributed by atoms with E-state index in [1.54, 1.807) is 0 Å². The van der Waals surface area contributed by atoms with Crippen molar-refractivity contribution < 1.29 is 4.79 Å². The van der Waals surface area contributed by atoms with Crippen LogP contribution in [0.2, 0.25) is 0 Å². The van der Waals surface area contributed by atoms with Gasteiger partial charge in [-0.1, -0.05) is 30.4 Å². The van der Waals surface area contributed by atoms with Crippen LogP contribution >= 0.6 is 0 Å². The summed E-state index contributed by atoms with van der Waals surface area (Å²) in [5.74, 6) is 0. The SMILES string of the molecule is Cc1cc2c(cc3c(C=O)ccc1-3)C=CC2. The summed E-state index contributed by atoms with van der Waals surface area (Å²) < 4.78 is 0. The smallest absolute Gasteiger partial charge is 0.150 e. The van der Waals surface area contributed by atoms with Gasteiger partial charge < -0.3 is 0 Å². The fourth-order valence-corrected chi connectivity index (χ4v) is 2.43. The van der Waals surface area contributed by atoms with Gasteiger partial charge in [0.2, 0.25) is 0 Å². The molecule has 3 aliphatic rings. The second-order valence-electron chi connectivity index (χ2n) is 4.29. The van der Waals surface area contributed by atoms with Crippen LogP contribution in [0, 0.1) is 6.92 Å². The molecular formula is C15H12O. The zero-order chi connectivity index (χ0) is 11.1. The van der Waals surface area contributed by atoms with Crippen molar-refractivity contribution in [2.45, 2.75) is 13.3 Å². The molecule has 0 aromatic rings. The van der Waals surface area contributed by atoms with E-state index in [-0.39, 0.29) is 0 Å². The van der Waals surface area contributed by atoms with Crippen LogP contribution in [0.5, 0.6) is 0 Å². The Bertz CT molecular complexity index is 579. The Kier molecular flexibility index (Phi) is 1.93. The monoisotopic (exact) mass is 208 g/mol. The van der Waals surface area contributed by atoms with E-state index in [1.807, 2.05) is 12.1 Å². The van der Waals surface area contributed by atoms with Crippen molar-refractivity contribution in [3.63, 3.8) is 0 Å². The minimum atomic E-state index is 0.789. The maximum absolute atomic E-state index is 11.0. The van der Waals surface area contributed by atoms with E-state index in [0.717, 1.165) is 23.8 Å². The Morgan fingerprint density at radius 3 is 2.88 bits per heavy atom. The maximum atomic E-state index is 11.0.